The first-order valence-electron chi connectivity index (χ1n) is 18.9. The van der Waals surface area contributed by atoms with Gasteiger partial charge in [0.2, 0.25) is 0 Å². The van der Waals surface area contributed by atoms with E-state index >= 15 is 0 Å². The molecular formula is C52H30N2O2. The quantitative estimate of drug-likeness (QED) is 0.170. The van der Waals surface area contributed by atoms with Crippen LogP contribution in [-0.2, 0) is 0 Å². The van der Waals surface area contributed by atoms with Gasteiger partial charge in [-0.1, -0.05) is 146 Å². The van der Waals surface area contributed by atoms with Gasteiger partial charge in [-0.15, -0.1) is 0 Å². The van der Waals surface area contributed by atoms with Crippen LogP contribution in [0.15, 0.2) is 191 Å². The lowest BCUT2D eigenvalue weighted by Crippen LogP contribution is -1.93. The molecular weight excluding hydrogens is 685 g/mol. The van der Waals surface area contributed by atoms with E-state index in [1.165, 1.54) is 32.3 Å². The molecule has 0 atom stereocenters. The van der Waals surface area contributed by atoms with Gasteiger partial charge in [0.05, 0.1) is 0 Å². The van der Waals surface area contributed by atoms with Gasteiger partial charge in [-0.25, -0.2) is 9.97 Å². The zero-order valence-corrected chi connectivity index (χ0v) is 30.0. The van der Waals surface area contributed by atoms with Crippen molar-refractivity contribution in [3.63, 3.8) is 0 Å². The van der Waals surface area contributed by atoms with Crippen molar-refractivity contribution in [2.75, 3.05) is 0 Å². The molecule has 0 aliphatic carbocycles. The van der Waals surface area contributed by atoms with Crippen molar-refractivity contribution in [3.05, 3.63) is 182 Å². The van der Waals surface area contributed by atoms with Crippen LogP contribution in [-0.4, -0.2) is 9.97 Å². The largest absolute Gasteiger partial charge is 0.456 e. The second-order valence-electron chi connectivity index (χ2n) is 14.5. The summed E-state index contributed by atoms with van der Waals surface area (Å²) < 4.78 is 13.1. The fourth-order valence-corrected chi connectivity index (χ4v) is 8.65. The lowest BCUT2D eigenvalue weighted by Gasteiger charge is -2.12. The monoisotopic (exact) mass is 714 g/mol. The second kappa shape index (κ2) is 12.0. The summed E-state index contributed by atoms with van der Waals surface area (Å²) in [5.74, 6) is 0.666. The molecule has 0 saturated heterocycles. The Kier molecular flexibility index (Phi) is 6.60. The van der Waals surface area contributed by atoms with Crippen LogP contribution in [0, 0.1) is 0 Å². The molecule has 0 bridgehead atoms. The Morgan fingerprint density at radius 3 is 1.57 bits per heavy atom. The summed E-state index contributed by atoms with van der Waals surface area (Å²) in [6.07, 6.45) is 0. The normalized spacial score (nSPS) is 11.9. The molecule has 0 saturated carbocycles. The number of aromatic nitrogens is 2. The Morgan fingerprint density at radius 2 is 0.875 bits per heavy atom. The van der Waals surface area contributed by atoms with Gasteiger partial charge in [-0.05, 0) is 91.0 Å². The molecule has 12 rings (SSSR count). The van der Waals surface area contributed by atoms with E-state index in [1.54, 1.807) is 0 Å². The van der Waals surface area contributed by atoms with Gasteiger partial charge >= 0.3 is 0 Å². The van der Waals surface area contributed by atoms with Crippen molar-refractivity contribution in [2.45, 2.75) is 0 Å². The zero-order valence-electron chi connectivity index (χ0n) is 30.0. The van der Waals surface area contributed by atoms with Crippen molar-refractivity contribution in [3.8, 4) is 44.9 Å². The first kappa shape index (κ1) is 30.9. The average Bonchev–Trinajstić information content (AvgIpc) is 3.84. The maximum atomic E-state index is 6.54. The molecule has 260 valence electrons. The van der Waals surface area contributed by atoms with E-state index in [4.69, 9.17) is 18.8 Å². The van der Waals surface area contributed by atoms with Gasteiger partial charge < -0.3 is 8.83 Å². The maximum Gasteiger partial charge on any atom is 0.180 e. The number of hydrogen-bond donors (Lipinski definition) is 0. The van der Waals surface area contributed by atoms with Gasteiger partial charge in [-0.3, -0.25) is 0 Å². The van der Waals surface area contributed by atoms with Gasteiger partial charge in [0.1, 0.15) is 28.0 Å². The Morgan fingerprint density at radius 1 is 0.321 bits per heavy atom. The SMILES string of the molecule is c1ccc(-c2nc(-c3ccccc3)c3oc4ccc(-c5ccc6oc7cccc(-c8ccc9c%10ccccc%10c%10ccccc%10c9c8)c7c6c5)cc4c3n2)cc1. The Bertz CT molecular complexity index is 3490. The summed E-state index contributed by atoms with van der Waals surface area (Å²) in [7, 11) is 0. The molecule has 3 heterocycles. The van der Waals surface area contributed by atoms with Crippen LogP contribution in [0.3, 0.4) is 0 Å². The molecule has 0 spiro atoms. The number of benzene rings is 9. The first-order valence-corrected chi connectivity index (χ1v) is 18.9. The molecule has 4 nitrogen and oxygen atoms in total. The Hall–Kier alpha value is -7.56. The highest BCUT2D eigenvalue weighted by Gasteiger charge is 2.20. The molecule has 3 aromatic heterocycles. The summed E-state index contributed by atoms with van der Waals surface area (Å²) in [5.41, 5.74) is 11.2. The molecule has 0 N–H and O–H groups in total. The molecule has 56 heavy (non-hydrogen) atoms. The molecule has 0 aliphatic rings. The van der Waals surface area contributed by atoms with Crippen molar-refractivity contribution in [1.29, 1.82) is 0 Å². The number of furan rings is 2. The topological polar surface area (TPSA) is 52.1 Å². The Labute approximate surface area is 320 Å². The van der Waals surface area contributed by atoms with Crippen LogP contribution in [0.5, 0.6) is 0 Å². The molecule has 9 aromatic carbocycles. The third-order valence-corrected chi connectivity index (χ3v) is 11.3. The molecule has 0 fully saturated rings. The molecule has 4 heteroatoms. The number of nitrogens with zero attached hydrogens (tertiary/aromatic N) is 2. The third kappa shape index (κ3) is 4.66. The van der Waals surface area contributed by atoms with E-state index in [0.717, 1.165) is 77.5 Å². The molecule has 0 radical (unpaired) electrons. The van der Waals surface area contributed by atoms with Crippen LogP contribution >= 0.6 is 0 Å². The summed E-state index contributed by atoms with van der Waals surface area (Å²) >= 11 is 0. The predicted molar refractivity (Wildman–Crippen MR) is 231 cm³/mol. The summed E-state index contributed by atoms with van der Waals surface area (Å²) in [4.78, 5) is 10.2. The fraction of sp³-hybridized carbons (Fsp3) is 0. The van der Waals surface area contributed by atoms with Crippen LogP contribution in [0.4, 0.5) is 0 Å². The van der Waals surface area contributed by atoms with Crippen LogP contribution in [0.1, 0.15) is 0 Å². The predicted octanol–water partition coefficient (Wildman–Crippen LogP) is 14.4. The van der Waals surface area contributed by atoms with E-state index in [0.29, 0.717) is 11.4 Å². The summed E-state index contributed by atoms with van der Waals surface area (Å²) in [6.45, 7) is 0. The minimum atomic E-state index is 0.666. The highest BCUT2D eigenvalue weighted by atomic mass is 16.3. The molecule has 0 amide bonds. The average molecular weight is 715 g/mol. The van der Waals surface area contributed by atoms with Crippen LogP contribution in [0.25, 0.3) is 121 Å². The van der Waals surface area contributed by atoms with E-state index < -0.39 is 0 Å². The lowest BCUT2D eigenvalue weighted by atomic mass is 9.91. The molecule has 0 unspecified atom stereocenters. The first-order chi connectivity index (χ1) is 27.7. The lowest BCUT2D eigenvalue weighted by molar-refractivity contribution is 0.667. The summed E-state index contributed by atoms with van der Waals surface area (Å²) in [6, 6.07) is 63.9. The second-order valence-corrected chi connectivity index (χ2v) is 14.5. The smallest absolute Gasteiger partial charge is 0.180 e. The van der Waals surface area contributed by atoms with Gasteiger partial charge in [0.15, 0.2) is 11.4 Å². The maximum absolute atomic E-state index is 6.54. The zero-order chi connectivity index (χ0) is 36.7. The van der Waals surface area contributed by atoms with Crippen molar-refractivity contribution in [2.24, 2.45) is 0 Å². The highest BCUT2D eigenvalue weighted by Crippen LogP contribution is 2.43. The van der Waals surface area contributed by atoms with Crippen molar-refractivity contribution in [1.82, 2.24) is 9.97 Å². The minimum absolute atomic E-state index is 0.666. The minimum Gasteiger partial charge on any atom is -0.456 e. The molecule has 0 aliphatic heterocycles. The Balaban J connectivity index is 1.04. The number of rotatable bonds is 4. The standard InChI is InChI=1S/C52H30N2O2/c1-3-12-31(13-4-1)49-51-50(54-52(53-49)32-14-5-2-6-15-32)44-29-34(24-27-46(44)56-51)33-23-26-45-43(28-33)48-36(20-11-21-47(48)55-45)35-22-25-41-39-18-8-7-16-37(39)38-17-9-10-19-40(38)42(41)30-35/h1-30H. The highest BCUT2D eigenvalue weighted by molar-refractivity contribution is 6.26. The number of fused-ring (bicyclic) bond motifs is 12. The third-order valence-electron chi connectivity index (χ3n) is 11.3. The van der Waals surface area contributed by atoms with Gasteiger partial charge in [0.25, 0.3) is 0 Å². The van der Waals surface area contributed by atoms with Crippen LogP contribution < -0.4 is 0 Å². The summed E-state index contributed by atoms with van der Waals surface area (Å²) in [5, 5.41) is 10.7. The van der Waals surface area contributed by atoms with Crippen molar-refractivity contribution < 1.29 is 8.83 Å². The van der Waals surface area contributed by atoms with E-state index in [-0.39, 0.29) is 0 Å². The van der Waals surface area contributed by atoms with Gasteiger partial charge in [0, 0.05) is 27.3 Å². The van der Waals surface area contributed by atoms with E-state index in [1.807, 2.05) is 48.5 Å². The van der Waals surface area contributed by atoms with E-state index in [2.05, 4.69) is 133 Å². The van der Waals surface area contributed by atoms with Gasteiger partial charge in [-0.2, -0.15) is 0 Å². The van der Waals surface area contributed by atoms with E-state index in [9.17, 15) is 0 Å². The fourth-order valence-electron chi connectivity index (χ4n) is 8.65. The molecule has 12 aromatic rings. The van der Waals surface area contributed by atoms with Crippen molar-refractivity contribution >= 4 is 76.3 Å². The van der Waals surface area contributed by atoms with Crippen LogP contribution in [0.2, 0.25) is 0 Å². The number of hydrogen-bond acceptors (Lipinski definition) is 4.